The Balaban J connectivity index is 1.29. The van der Waals surface area contributed by atoms with E-state index < -0.39 is 6.09 Å². The summed E-state index contributed by atoms with van der Waals surface area (Å²) in [7, 11) is 0. The first-order chi connectivity index (χ1) is 15.4. The van der Waals surface area contributed by atoms with E-state index in [9.17, 15) is 19.5 Å². The molecule has 0 unspecified atom stereocenters. The molecule has 2 amide bonds. The van der Waals surface area contributed by atoms with Crippen molar-refractivity contribution in [2.24, 2.45) is 0 Å². The Hall–Kier alpha value is -2.86. The predicted octanol–water partition coefficient (Wildman–Crippen LogP) is 4.75. The minimum atomic E-state index is -0.963. The zero-order valence-corrected chi connectivity index (χ0v) is 18.7. The number of rotatable bonds is 9. The molecule has 2 heterocycles. The van der Waals surface area contributed by atoms with Gasteiger partial charge in [-0.25, -0.2) is 4.79 Å². The summed E-state index contributed by atoms with van der Waals surface area (Å²) in [5.41, 5.74) is 4.68. The number of ketones is 1. The summed E-state index contributed by atoms with van der Waals surface area (Å²) < 4.78 is 0. The highest BCUT2D eigenvalue weighted by Crippen LogP contribution is 2.37. The number of carboxylic acid groups (broad SMARTS) is 1. The van der Waals surface area contributed by atoms with E-state index in [1.54, 1.807) is 6.07 Å². The van der Waals surface area contributed by atoms with E-state index in [1.165, 1.54) is 4.90 Å². The fourth-order valence-electron chi connectivity index (χ4n) is 4.63. The van der Waals surface area contributed by atoms with Gasteiger partial charge in [-0.05, 0) is 67.0 Å². The lowest BCUT2D eigenvalue weighted by molar-refractivity contribution is -0.117. The highest BCUT2D eigenvalue weighted by atomic mass is 35.5. The normalized spacial score (nSPS) is 14.4. The molecule has 0 aromatic heterocycles. The van der Waals surface area contributed by atoms with Gasteiger partial charge in [0.1, 0.15) is 0 Å². The summed E-state index contributed by atoms with van der Waals surface area (Å²) in [6, 6.07) is 11.3. The van der Waals surface area contributed by atoms with Gasteiger partial charge >= 0.3 is 6.09 Å². The standard InChI is InChI=1S/C25H27ClN2O4/c26-21-8-2-1-6-17(21)10-13-27(25(31)32)11-4-3-9-22(29)19-14-18-7-5-12-28-23(30)16-20(15-19)24(18)28/h1-2,6,8,14-15H,3-5,7,9-13,16H2,(H,31,32). The van der Waals surface area contributed by atoms with Crippen LogP contribution in [-0.2, 0) is 24.1 Å². The monoisotopic (exact) mass is 454 g/mol. The fraction of sp³-hybridized carbons (Fsp3) is 0.400. The second-order valence-electron chi connectivity index (χ2n) is 8.46. The van der Waals surface area contributed by atoms with Gasteiger partial charge in [-0.1, -0.05) is 29.8 Å². The molecule has 0 spiro atoms. The molecule has 2 aromatic carbocycles. The molecule has 4 rings (SSSR count). The third kappa shape index (κ3) is 4.80. The van der Waals surface area contributed by atoms with Crippen LogP contribution in [0.3, 0.4) is 0 Å². The van der Waals surface area contributed by atoms with Crippen LogP contribution >= 0.6 is 11.6 Å². The van der Waals surface area contributed by atoms with Crippen molar-refractivity contribution in [1.29, 1.82) is 0 Å². The van der Waals surface area contributed by atoms with Gasteiger partial charge in [-0.15, -0.1) is 0 Å². The second-order valence-corrected chi connectivity index (χ2v) is 8.87. The number of carbonyl (C=O) groups excluding carboxylic acids is 2. The molecular formula is C25H27ClN2O4. The van der Waals surface area contributed by atoms with E-state index >= 15 is 0 Å². The average Bonchev–Trinajstić information content (AvgIpc) is 3.10. The zero-order valence-electron chi connectivity index (χ0n) is 18.0. The zero-order chi connectivity index (χ0) is 22.7. The van der Waals surface area contributed by atoms with Crippen molar-refractivity contribution in [3.63, 3.8) is 0 Å². The van der Waals surface area contributed by atoms with Crippen LogP contribution in [0, 0.1) is 0 Å². The minimum absolute atomic E-state index is 0.0541. The van der Waals surface area contributed by atoms with E-state index in [4.69, 9.17) is 11.6 Å². The van der Waals surface area contributed by atoms with Crippen molar-refractivity contribution in [1.82, 2.24) is 4.90 Å². The molecule has 0 radical (unpaired) electrons. The lowest BCUT2D eigenvalue weighted by Crippen LogP contribution is -2.32. The molecule has 0 aliphatic carbocycles. The summed E-state index contributed by atoms with van der Waals surface area (Å²) in [4.78, 5) is 39.8. The van der Waals surface area contributed by atoms with Gasteiger partial charge in [0.2, 0.25) is 5.91 Å². The Labute approximate surface area is 192 Å². The summed E-state index contributed by atoms with van der Waals surface area (Å²) >= 11 is 6.16. The van der Waals surface area contributed by atoms with E-state index in [0.717, 1.165) is 41.8 Å². The van der Waals surface area contributed by atoms with Gasteiger partial charge in [0, 0.05) is 36.6 Å². The highest BCUT2D eigenvalue weighted by molar-refractivity contribution is 6.31. The van der Waals surface area contributed by atoms with Gasteiger partial charge in [0.05, 0.1) is 12.1 Å². The molecule has 0 bridgehead atoms. The number of unbranched alkanes of at least 4 members (excludes halogenated alkanes) is 1. The topological polar surface area (TPSA) is 77.9 Å². The molecule has 0 atom stereocenters. The van der Waals surface area contributed by atoms with E-state index in [1.807, 2.05) is 35.2 Å². The molecular weight excluding hydrogens is 428 g/mol. The Bertz CT molecular complexity index is 1050. The largest absolute Gasteiger partial charge is 0.465 e. The summed E-state index contributed by atoms with van der Waals surface area (Å²) in [6.45, 7) is 1.51. The van der Waals surface area contributed by atoms with Crippen LogP contribution in [0.2, 0.25) is 5.02 Å². The molecule has 168 valence electrons. The van der Waals surface area contributed by atoms with Crippen molar-refractivity contribution in [3.8, 4) is 0 Å². The van der Waals surface area contributed by atoms with Gasteiger partial charge < -0.3 is 14.9 Å². The summed E-state index contributed by atoms with van der Waals surface area (Å²) in [6.07, 6.45) is 3.39. The number of carbonyl (C=O) groups is 3. The Morgan fingerprint density at radius 3 is 2.66 bits per heavy atom. The highest BCUT2D eigenvalue weighted by Gasteiger charge is 2.32. The molecule has 2 aliphatic heterocycles. The van der Waals surface area contributed by atoms with Gasteiger partial charge in [0.25, 0.3) is 0 Å². The van der Waals surface area contributed by atoms with Gasteiger partial charge in [-0.3, -0.25) is 9.59 Å². The average molecular weight is 455 g/mol. The molecule has 0 saturated carbocycles. The van der Waals surface area contributed by atoms with Gasteiger partial charge in [0.15, 0.2) is 5.78 Å². The van der Waals surface area contributed by atoms with Crippen LogP contribution in [0.25, 0.3) is 0 Å². The Morgan fingerprint density at radius 1 is 1.09 bits per heavy atom. The molecule has 32 heavy (non-hydrogen) atoms. The fourth-order valence-corrected chi connectivity index (χ4v) is 4.86. The maximum absolute atomic E-state index is 12.8. The van der Waals surface area contributed by atoms with Crippen molar-refractivity contribution < 1.29 is 19.5 Å². The SMILES string of the molecule is O=C(CCCCN(CCc1ccccc1Cl)C(=O)O)c1cc2c3c(c1)CC(=O)N3CCC2. The predicted molar refractivity (Wildman–Crippen MR) is 124 cm³/mol. The molecule has 2 aliphatic rings. The number of nitrogens with zero attached hydrogens (tertiary/aromatic N) is 2. The first kappa shape index (κ1) is 22.3. The minimum Gasteiger partial charge on any atom is -0.465 e. The van der Waals surface area contributed by atoms with Crippen molar-refractivity contribution >= 4 is 35.1 Å². The molecule has 2 aromatic rings. The molecule has 1 N–H and O–H groups in total. The first-order valence-corrected chi connectivity index (χ1v) is 11.5. The van der Waals surface area contributed by atoms with E-state index in [-0.39, 0.29) is 11.7 Å². The van der Waals surface area contributed by atoms with Crippen LogP contribution in [0.5, 0.6) is 0 Å². The molecule has 0 saturated heterocycles. The number of anilines is 1. The second kappa shape index (κ2) is 9.74. The lowest BCUT2D eigenvalue weighted by Gasteiger charge is -2.25. The quantitative estimate of drug-likeness (QED) is 0.438. The van der Waals surface area contributed by atoms with Crippen molar-refractivity contribution in [2.45, 2.75) is 44.9 Å². The van der Waals surface area contributed by atoms with E-state index in [0.29, 0.717) is 55.8 Å². The lowest BCUT2D eigenvalue weighted by atomic mass is 9.94. The molecule has 6 nitrogen and oxygen atoms in total. The van der Waals surface area contributed by atoms with Crippen molar-refractivity contribution in [3.05, 3.63) is 63.7 Å². The summed E-state index contributed by atoms with van der Waals surface area (Å²) in [5.74, 6) is 0.176. The van der Waals surface area contributed by atoms with Crippen LogP contribution in [0.1, 0.15) is 52.7 Å². The molecule has 0 fully saturated rings. The number of benzene rings is 2. The maximum atomic E-state index is 12.8. The Morgan fingerprint density at radius 2 is 1.88 bits per heavy atom. The van der Waals surface area contributed by atoms with Crippen molar-refractivity contribution in [2.75, 3.05) is 24.5 Å². The summed E-state index contributed by atoms with van der Waals surface area (Å²) in [5, 5.41) is 10.1. The van der Waals surface area contributed by atoms with Crippen LogP contribution in [-0.4, -0.2) is 47.4 Å². The number of hydrogen-bond acceptors (Lipinski definition) is 3. The number of hydrogen-bond donors (Lipinski definition) is 1. The van der Waals surface area contributed by atoms with Gasteiger partial charge in [-0.2, -0.15) is 0 Å². The molecule has 7 heteroatoms. The number of Topliss-reactive ketones (excluding diaryl/α,β-unsaturated/α-hetero) is 1. The first-order valence-electron chi connectivity index (χ1n) is 11.1. The van der Waals surface area contributed by atoms with Crippen LogP contribution in [0.15, 0.2) is 36.4 Å². The third-order valence-electron chi connectivity index (χ3n) is 6.29. The van der Waals surface area contributed by atoms with E-state index in [2.05, 4.69) is 0 Å². The van der Waals surface area contributed by atoms with Crippen LogP contribution in [0.4, 0.5) is 10.5 Å². The number of amides is 2. The maximum Gasteiger partial charge on any atom is 0.407 e. The third-order valence-corrected chi connectivity index (χ3v) is 6.66. The number of halogens is 1. The van der Waals surface area contributed by atoms with Crippen LogP contribution < -0.4 is 4.90 Å². The smallest absolute Gasteiger partial charge is 0.407 e. The Kier molecular flexibility index (Phi) is 6.80. The number of aryl methyl sites for hydroxylation is 1.